The first-order chi connectivity index (χ1) is 16.5. The van der Waals surface area contributed by atoms with Crippen LogP contribution in [0.3, 0.4) is 0 Å². The number of rotatable bonds is 10. The van der Waals surface area contributed by atoms with Gasteiger partial charge in [-0.2, -0.15) is 0 Å². The lowest BCUT2D eigenvalue weighted by Gasteiger charge is -2.10. The van der Waals surface area contributed by atoms with Crippen molar-refractivity contribution >= 4 is 24.2 Å². The highest BCUT2D eigenvalue weighted by Crippen LogP contribution is 2.22. The summed E-state index contributed by atoms with van der Waals surface area (Å²) < 4.78 is 19.9. The van der Waals surface area contributed by atoms with E-state index in [1.54, 1.807) is 0 Å². The molecule has 2 aromatic rings. The molecule has 0 amide bonds. The minimum atomic E-state index is -1.09. The van der Waals surface area contributed by atoms with Crippen LogP contribution in [0, 0.1) is 0 Å². The molecule has 0 radical (unpaired) electrons. The smallest absolute Gasteiger partial charge is 0.434 e. The first-order valence-electron chi connectivity index (χ1n) is 10.8. The maximum absolute atomic E-state index is 12.4. The van der Waals surface area contributed by atoms with Crippen LogP contribution in [0.5, 0.6) is 11.5 Å². The Morgan fingerprint density at radius 2 is 1.00 bits per heavy atom. The fourth-order valence-corrected chi connectivity index (χ4v) is 2.45. The van der Waals surface area contributed by atoms with Crippen molar-refractivity contribution in [3.05, 3.63) is 59.7 Å². The van der Waals surface area contributed by atoms with Crippen LogP contribution in [0.1, 0.15) is 60.2 Å². The predicted molar refractivity (Wildman–Crippen MR) is 117 cm³/mol. The van der Waals surface area contributed by atoms with E-state index in [2.05, 4.69) is 9.78 Å². The number of hydrogen-bond donors (Lipinski definition) is 0. The number of carbonyl (C=O) groups is 4. The third-order valence-electron chi connectivity index (χ3n) is 4.23. The Labute approximate surface area is 196 Å². The lowest BCUT2D eigenvalue weighted by Crippen LogP contribution is -2.17. The summed E-state index contributed by atoms with van der Waals surface area (Å²) in [6.07, 6.45) is 1.02. The third kappa shape index (κ3) is 8.45. The van der Waals surface area contributed by atoms with Crippen LogP contribution in [0.25, 0.3) is 0 Å². The second-order valence-electron chi connectivity index (χ2n) is 6.84. The summed E-state index contributed by atoms with van der Waals surface area (Å²) in [6, 6.07) is 11.4. The first kappa shape index (κ1) is 26.2. The molecule has 10 nitrogen and oxygen atoms in total. The molecular weight excluding hydrogens is 448 g/mol. The highest BCUT2D eigenvalue weighted by Gasteiger charge is 2.22. The van der Waals surface area contributed by atoms with Crippen LogP contribution in [0.15, 0.2) is 48.5 Å². The zero-order valence-corrected chi connectivity index (χ0v) is 18.9. The second kappa shape index (κ2) is 14.1. The monoisotopic (exact) mass is 474 g/mol. The van der Waals surface area contributed by atoms with Crippen molar-refractivity contribution in [1.82, 2.24) is 0 Å². The molecule has 0 saturated carbocycles. The van der Waals surface area contributed by atoms with Gasteiger partial charge in [0, 0.05) is 0 Å². The van der Waals surface area contributed by atoms with E-state index in [4.69, 9.17) is 18.9 Å². The van der Waals surface area contributed by atoms with E-state index in [-0.39, 0.29) is 35.8 Å². The van der Waals surface area contributed by atoms with Gasteiger partial charge in [0.25, 0.3) is 0 Å². The fourth-order valence-electron chi connectivity index (χ4n) is 2.45. The number of ether oxygens (including phenoxy) is 4. The molecule has 0 unspecified atom stereocenters. The molecule has 0 saturated heterocycles. The van der Waals surface area contributed by atoms with Gasteiger partial charge in [0.1, 0.15) is 22.6 Å². The Balaban J connectivity index is 1.99. The van der Waals surface area contributed by atoms with Crippen molar-refractivity contribution in [3.63, 3.8) is 0 Å². The number of unbranched alkanes of at least 4 members (excludes halogenated alkanes) is 2. The van der Waals surface area contributed by atoms with Gasteiger partial charge in [-0.1, -0.05) is 51.0 Å². The van der Waals surface area contributed by atoms with Crippen molar-refractivity contribution in [2.24, 2.45) is 0 Å². The van der Waals surface area contributed by atoms with E-state index in [1.165, 1.54) is 48.5 Å². The molecule has 10 heteroatoms. The van der Waals surface area contributed by atoms with Gasteiger partial charge in [0.15, 0.2) is 0 Å². The summed E-state index contributed by atoms with van der Waals surface area (Å²) in [5.41, 5.74) is -0.349. The highest BCUT2D eigenvalue weighted by molar-refractivity contribution is 5.96. The van der Waals surface area contributed by atoms with E-state index in [1.807, 2.05) is 13.8 Å². The molecule has 0 spiro atoms. The van der Waals surface area contributed by atoms with Crippen LogP contribution in [-0.2, 0) is 19.2 Å². The van der Waals surface area contributed by atoms with Crippen LogP contribution < -0.4 is 9.47 Å². The molecule has 2 rings (SSSR count). The van der Waals surface area contributed by atoms with Gasteiger partial charge in [-0.15, -0.1) is 0 Å². The quantitative estimate of drug-likeness (QED) is 0.148. The van der Waals surface area contributed by atoms with Crippen molar-refractivity contribution < 1.29 is 47.9 Å². The molecule has 34 heavy (non-hydrogen) atoms. The van der Waals surface area contributed by atoms with Gasteiger partial charge >= 0.3 is 24.2 Å². The van der Waals surface area contributed by atoms with Gasteiger partial charge in [0.05, 0.1) is 13.2 Å². The summed E-state index contributed by atoms with van der Waals surface area (Å²) >= 11 is 0. The topological polar surface area (TPSA) is 124 Å². The van der Waals surface area contributed by atoms with E-state index in [0.717, 1.165) is 12.8 Å². The summed E-state index contributed by atoms with van der Waals surface area (Å²) in [5.74, 6) is -2.46. The summed E-state index contributed by atoms with van der Waals surface area (Å²) in [4.78, 5) is 57.6. The van der Waals surface area contributed by atoms with Crippen LogP contribution >= 0.6 is 0 Å². The normalized spacial score (nSPS) is 10.1. The molecule has 0 heterocycles. The molecular formula is C24H26O10. The van der Waals surface area contributed by atoms with E-state index in [0.29, 0.717) is 12.8 Å². The molecule has 0 N–H and O–H groups in total. The molecule has 0 aliphatic rings. The Morgan fingerprint density at radius 1 is 0.618 bits per heavy atom. The van der Waals surface area contributed by atoms with Crippen molar-refractivity contribution in [2.45, 2.75) is 39.5 Å². The molecule has 0 aliphatic carbocycles. The Kier molecular flexibility index (Phi) is 10.9. The average Bonchev–Trinajstić information content (AvgIpc) is 2.83. The predicted octanol–water partition coefficient (Wildman–Crippen LogP) is 5.25. The Bertz CT molecular complexity index is 906. The van der Waals surface area contributed by atoms with E-state index in [9.17, 15) is 19.2 Å². The van der Waals surface area contributed by atoms with Crippen LogP contribution in [0.2, 0.25) is 0 Å². The fraction of sp³-hybridized carbons (Fsp3) is 0.333. The number of benzene rings is 2. The van der Waals surface area contributed by atoms with Gasteiger partial charge in [-0.25, -0.2) is 29.0 Å². The zero-order chi connectivity index (χ0) is 24.8. The van der Waals surface area contributed by atoms with Gasteiger partial charge in [-0.3, -0.25) is 0 Å². The third-order valence-corrected chi connectivity index (χ3v) is 4.23. The van der Waals surface area contributed by atoms with Gasteiger partial charge < -0.3 is 18.9 Å². The maximum Gasteiger partial charge on any atom is 0.513 e. The molecule has 0 atom stereocenters. The second-order valence-corrected chi connectivity index (χ2v) is 6.84. The van der Waals surface area contributed by atoms with Crippen molar-refractivity contribution in [1.29, 1.82) is 0 Å². The average molecular weight is 474 g/mol. The number of hydrogen-bond acceptors (Lipinski definition) is 10. The largest absolute Gasteiger partial charge is 0.513 e. The molecule has 2 aromatic carbocycles. The van der Waals surface area contributed by atoms with Crippen molar-refractivity contribution in [2.75, 3.05) is 13.2 Å². The first-order valence-corrected chi connectivity index (χ1v) is 10.8. The van der Waals surface area contributed by atoms with Gasteiger partial charge in [0.2, 0.25) is 0 Å². The minimum Gasteiger partial charge on any atom is -0.434 e. The standard InChI is InChI=1S/C24H26O10/c1-3-5-15-29-23(27)31-19-13-9-7-11-17(19)21(25)33-34-22(26)18-12-8-10-14-20(18)32-24(28)30-16-6-4-2/h7-14H,3-6,15-16H2,1-2H3. The number of para-hydroxylation sites is 2. The van der Waals surface area contributed by atoms with Gasteiger partial charge in [-0.05, 0) is 37.1 Å². The lowest BCUT2D eigenvalue weighted by atomic mass is 10.2. The Hall–Kier alpha value is -4.08. The zero-order valence-electron chi connectivity index (χ0n) is 18.9. The van der Waals surface area contributed by atoms with Crippen LogP contribution in [0.4, 0.5) is 9.59 Å². The van der Waals surface area contributed by atoms with E-state index < -0.39 is 24.2 Å². The lowest BCUT2D eigenvalue weighted by molar-refractivity contribution is -0.187. The van der Waals surface area contributed by atoms with E-state index >= 15 is 0 Å². The molecule has 182 valence electrons. The SMILES string of the molecule is CCCCOC(=O)Oc1ccccc1C(=O)OOC(=O)c1ccccc1OC(=O)OCCCC. The highest BCUT2D eigenvalue weighted by atomic mass is 17.2. The van der Waals surface area contributed by atoms with Crippen LogP contribution in [-0.4, -0.2) is 37.5 Å². The molecule has 0 fully saturated rings. The van der Waals surface area contributed by atoms with Crippen molar-refractivity contribution in [3.8, 4) is 11.5 Å². The molecule has 0 aliphatic heterocycles. The summed E-state index contributed by atoms with van der Waals surface area (Å²) in [6.45, 7) is 4.22. The molecule has 0 aromatic heterocycles. The summed E-state index contributed by atoms with van der Waals surface area (Å²) in [5, 5.41) is 0. The Morgan fingerprint density at radius 3 is 1.38 bits per heavy atom. The summed E-state index contributed by atoms with van der Waals surface area (Å²) in [7, 11) is 0. The maximum atomic E-state index is 12.4. The minimum absolute atomic E-state index is 0.136. The number of carbonyl (C=O) groups excluding carboxylic acids is 4. The molecule has 0 bridgehead atoms.